The fourth-order valence-electron chi connectivity index (χ4n) is 3.60. The number of aromatic nitrogens is 2. The molecule has 0 unspecified atom stereocenters. The van der Waals surface area contributed by atoms with Gasteiger partial charge in [-0.15, -0.1) is 5.10 Å². The molecule has 1 aromatic heterocycles. The number of aliphatic hydroxyl groups is 4. The standard InChI is InChI=1S/C23H34N2O7/c1-12(2)25-14(5)17(10-15-6-8-16(9-7-15)30-13(3)4)22(24-25)32-23-21(29)20(28)19(27)18(11-26)31-23/h6-9,12-13,18-21,23,26-29H,10-11H2,1-5H3/t18-,19-,20+,21-,23+/m1/s1/i3D3,4D3,13D. The third kappa shape index (κ3) is 5.24. The monoisotopic (exact) mass is 457 g/mol. The zero-order valence-corrected chi connectivity index (χ0v) is 18.1. The van der Waals surface area contributed by atoms with Crippen LogP contribution < -0.4 is 9.47 Å². The van der Waals surface area contributed by atoms with E-state index in [1.54, 1.807) is 23.7 Å². The van der Waals surface area contributed by atoms with Crippen LogP contribution in [0.25, 0.3) is 0 Å². The second-order valence-electron chi connectivity index (χ2n) is 7.97. The normalized spacial score (nSPS) is 30.4. The van der Waals surface area contributed by atoms with E-state index in [1.165, 1.54) is 12.1 Å². The van der Waals surface area contributed by atoms with Crippen LogP contribution in [0.1, 0.15) is 60.0 Å². The molecule has 2 heterocycles. The summed E-state index contributed by atoms with van der Waals surface area (Å²) in [5, 5.41) is 44.5. The minimum atomic E-state index is -3.24. The number of rotatable bonds is 8. The highest BCUT2D eigenvalue weighted by molar-refractivity contribution is 5.38. The minimum absolute atomic E-state index is 0.0726. The first-order valence-electron chi connectivity index (χ1n) is 13.7. The number of benzene rings is 1. The predicted octanol–water partition coefficient (Wildman–Crippen LogP) is 1.33. The van der Waals surface area contributed by atoms with Gasteiger partial charge in [0.15, 0.2) is 0 Å². The van der Waals surface area contributed by atoms with Crippen molar-refractivity contribution in [3.05, 3.63) is 41.1 Å². The molecule has 1 aliphatic heterocycles. The first-order valence-corrected chi connectivity index (χ1v) is 10.2. The fourth-order valence-corrected chi connectivity index (χ4v) is 3.60. The average Bonchev–Trinajstić information content (AvgIpc) is 3.14. The lowest BCUT2D eigenvalue weighted by Gasteiger charge is -2.39. The highest BCUT2D eigenvalue weighted by Gasteiger charge is 2.45. The summed E-state index contributed by atoms with van der Waals surface area (Å²) in [6.07, 6.45) is -10.3. The van der Waals surface area contributed by atoms with E-state index in [2.05, 4.69) is 5.10 Å². The minimum Gasteiger partial charge on any atom is -0.491 e. The van der Waals surface area contributed by atoms with Crippen LogP contribution in [0, 0.1) is 6.92 Å². The van der Waals surface area contributed by atoms with Gasteiger partial charge in [-0.2, -0.15) is 0 Å². The van der Waals surface area contributed by atoms with Crippen LogP contribution in [0.4, 0.5) is 0 Å². The molecule has 0 amide bonds. The Morgan fingerprint density at radius 1 is 1.16 bits per heavy atom. The van der Waals surface area contributed by atoms with Crippen molar-refractivity contribution in [3.63, 3.8) is 0 Å². The zero-order chi connectivity index (χ0) is 29.5. The van der Waals surface area contributed by atoms with Gasteiger partial charge in [-0.1, -0.05) is 12.1 Å². The molecule has 32 heavy (non-hydrogen) atoms. The van der Waals surface area contributed by atoms with Gasteiger partial charge < -0.3 is 34.6 Å². The molecule has 178 valence electrons. The van der Waals surface area contributed by atoms with E-state index in [4.69, 9.17) is 23.8 Å². The summed E-state index contributed by atoms with van der Waals surface area (Å²) in [4.78, 5) is 0. The molecule has 0 bridgehead atoms. The van der Waals surface area contributed by atoms with E-state index in [9.17, 15) is 20.4 Å². The lowest BCUT2D eigenvalue weighted by atomic mass is 9.99. The average molecular weight is 458 g/mol. The van der Waals surface area contributed by atoms with Crippen molar-refractivity contribution in [1.29, 1.82) is 0 Å². The smallest absolute Gasteiger partial charge is 0.239 e. The van der Waals surface area contributed by atoms with Crippen LogP contribution in [0.3, 0.4) is 0 Å². The number of hydrogen-bond donors (Lipinski definition) is 4. The third-order valence-electron chi connectivity index (χ3n) is 5.33. The van der Waals surface area contributed by atoms with Crippen molar-refractivity contribution in [1.82, 2.24) is 9.78 Å². The molecule has 0 aliphatic carbocycles. The summed E-state index contributed by atoms with van der Waals surface area (Å²) in [5.74, 6) is -0.0331. The number of nitrogens with zero attached hydrogens (tertiary/aromatic N) is 2. The molecular formula is C23H34N2O7. The molecule has 1 aliphatic rings. The predicted molar refractivity (Wildman–Crippen MR) is 117 cm³/mol. The van der Waals surface area contributed by atoms with Gasteiger partial charge in [0.25, 0.3) is 0 Å². The summed E-state index contributed by atoms with van der Waals surface area (Å²) < 4.78 is 71.2. The molecule has 1 fully saturated rings. The van der Waals surface area contributed by atoms with Gasteiger partial charge in [0, 0.05) is 31.9 Å². The lowest BCUT2D eigenvalue weighted by Crippen LogP contribution is -2.60. The quantitative estimate of drug-likeness (QED) is 0.468. The zero-order valence-electron chi connectivity index (χ0n) is 25.1. The van der Waals surface area contributed by atoms with Gasteiger partial charge in [-0.05, 0) is 52.2 Å². The van der Waals surface area contributed by atoms with Crippen LogP contribution in [-0.4, -0.2) is 73.6 Å². The molecule has 0 spiro atoms. The molecular weight excluding hydrogens is 416 g/mol. The van der Waals surface area contributed by atoms with Crippen LogP contribution >= 0.6 is 0 Å². The van der Waals surface area contributed by atoms with Gasteiger partial charge in [0.2, 0.25) is 12.2 Å². The van der Waals surface area contributed by atoms with Crippen molar-refractivity contribution in [2.45, 2.75) is 83.7 Å². The Kier molecular flexibility index (Phi) is 5.23. The lowest BCUT2D eigenvalue weighted by molar-refractivity contribution is -0.278. The number of ether oxygens (including phenoxy) is 3. The first kappa shape index (κ1) is 16.4. The second-order valence-corrected chi connectivity index (χ2v) is 7.97. The maximum Gasteiger partial charge on any atom is 0.239 e. The molecule has 2 aromatic rings. The Morgan fingerprint density at radius 2 is 1.84 bits per heavy atom. The first-order chi connectivity index (χ1) is 17.9. The van der Waals surface area contributed by atoms with Gasteiger partial charge in [0.1, 0.15) is 30.2 Å². The summed E-state index contributed by atoms with van der Waals surface area (Å²) in [6.45, 7) is -1.49. The Morgan fingerprint density at radius 3 is 2.44 bits per heavy atom. The topological polar surface area (TPSA) is 126 Å². The van der Waals surface area contributed by atoms with E-state index >= 15 is 0 Å². The van der Waals surface area contributed by atoms with Crippen molar-refractivity contribution in [2.75, 3.05) is 6.61 Å². The van der Waals surface area contributed by atoms with Gasteiger partial charge in [0.05, 0.1) is 14.1 Å². The summed E-state index contributed by atoms with van der Waals surface area (Å²) in [7, 11) is 0. The Hall–Kier alpha value is -2.17. The molecule has 0 saturated carbocycles. The molecule has 1 aromatic carbocycles. The molecule has 3 rings (SSSR count). The Balaban J connectivity index is 1.88. The molecule has 9 nitrogen and oxygen atoms in total. The maximum absolute atomic E-state index is 10.4. The number of hydrogen-bond acceptors (Lipinski definition) is 8. The summed E-state index contributed by atoms with van der Waals surface area (Å²) in [6, 6.07) is 5.78. The van der Waals surface area contributed by atoms with Crippen molar-refractivity contribution < 1.29 is 44.2 Å². The van der Waals surface area contributed by atoms with E-state index in [1.807, 2.05) is 13.8 Å². The van der Waals surface area contributed by atoms with Gasteiger partial charge in [-0.3, -0.25) is 4.68 Å². The second kappa shape index (κ2) is 10.2. The Bertz CT molecular complexity index is 1110. The summed E-state index contributed by atoms with van der Waals surface area (Å²) in [5.41, 5.74) is 1.99. The number of aliphatic hydroxyl groups excluding tert-OH is 4. The Labute approximate surface area is 198 Å². The van der Waals surface area contributed by atoms with Crippen molar-refractivity contribution >= 4 is 0 Å². The molecule has 5 atom stereocenters. The van der Waals surface area contributed by atoms with Gasteiger partial charge in [-0.25, -0.2) is 0 Å². The van der Waals surface area contributed by atoms with E-state index in [-0.39, 0.29) is 24.1 Å². The molecule has 9 heteroatoms. The van der Waals surface area contributed by atoms with E-state index < -0.39 is 57.1 Å². The van der Waals surface area contributed by atoms with E-state index in [0.29, 0.717) is 11.1 Å². The largest absolute Gasteiger partial charge is 0.491 e. The van der Waals surface area contributed by atoms with E-state index in [0.717, 1.165) is 5.69 Å². The van der Waals surface area contributed by atoms with Crippen LogP contribution in [0.5, 0.6) is 11.6 Å². The SMILES string of the molecule is [2H]C([2H])([2H])C([2H])(Oc1ccc(Cc2c(O[C@@H]3O[C@H](CO)[C@@H](O)[C@H](O)[C@H]3O)nn(C(C)C)c2C)cc1)C([2H])([2H])[2H]. The fraction of sp³-hybridized carbons (Fsp3) is 0.609. The van der Waals surface area contributed by atoms with Crippen LogP contribution in [0.15, 0.2) is 24.3 Å². The maximum atomic E-state index is 10.4. The molecule has 4 N–H and O–H groups in total. The van der Waals surface area contributed by atoms with Crippen LogP contribution in [0.2, 0.25) is 0 Å². The van der Waals surface area contributed by atoms with Crippen molar-refractivity contribution in [2.24, 2.45) is 0 Å². The van der Waals surface area contributed by atoms with Crippen molar-refractivity contribution in [3.8, 4) is 11.6 Å². The highest BCUT2D eigenvalue weighted by Crippen LogP contribution is 2.31. The molecule has 1 saturated heterocycles. The van der Waals surface area contributed by atoms with Gasteiger partial charge >= 0.3 is 0 Å². The molecule has 0 radical (unpaired) electrons. The van der Waals surface area contributed by atoms with Crippen LogP contribution in [-0.2, 0) is 11.2 Å². The summed E-state index contributed by atoms with van der Waals surface area (Å²) >= 11 is 0. The third-order valence-corrected chi connectivity index (χ3v) is 5.33. The highest BCUT2D eigenvalue weighted by atomic mass is 16.7.